The molecule has 1 aliphatic heterocycles. The van der Waals surface area contributed by atoms with Crippen LogP contribution in [0.5, 0.6) is 0 Å². The van der Waals surface area contributed by atoms with Crippen molar-refractivity contribution in [3.05, 3.63) is 16.1 Å². The topological polar surface area (TPSA) is 34.1 Å². The van der Waals surface area contributed by atoms with Crippen LogP contribution in [0.1, 0.15) is 43.3 Å². The van der Waals surface area contributed by atoms with Gasteiger partial charge in [0.25, 0.3) is 0 Å². The fourth-order valence-electron chi connectivity index (χ4n) is 2.03. The van der Waals surface area contributed by atoms with Crippen LogP contribution in [0.15, 0.2) is 5.38 Å². The summed E-state index contributed by atoms with van der Waals surface area (Å²) in [5.74, 6) is 1.26. The van der Waals surface area contributed by atoms with Crippen LogP contribution in [0.2, 0.25) is 0 Å². The average molecular weight is 254 g/mol. The molecule has 0 radical (unpaired) electrons. The molecule has 1 aliphatic rings. The van der Waals surface area contributed by atoms with Gasteiger partial charge in [-0.05, 0) is 31.8 Å². The lowest BCUT2D eigenvalue weighted by atomic mass is 9.99. The summed E-state index contributed by atoms with van der Waals surface area (Å²) in [4.78, 5) is 4.57. The van der Waals surface area contributed by atoms with Crippen LogP contribution in [0.3, 0.4) is 0 Å². The van der Waals surface area contributed by atoms with Crippen molar-refractivity contribution in [2.45, 2.75) is 39.2 Å². The third-order valence-corrected chi connectivity index (χ3v) is 4.32. The number of nitrogens with one attached hydrogen (secondary N) is 1. The Labute approximate surface area is 108 Å². The molecular formula is C13H22N2OS. The zero-order chi connectivity index (χ0) is 12.1. The fraction of sp³-hybridized carbons (Fsp3) is 0.769. The van der Waals surface area contributed by atoms with E-state index in [-0.39, 0.29) is 0 Å². The van der Waals surface area contributed by atoms with Gasteiger partial charge in [0.2, 0.25) is 0 Å². The number of piperidine rings is 1. The lowest BCUT2D eigenvalue weighted by Gasteiger charge is -2.22. The van der Waals surface area contributed by atoms with E-state index >= 15 is 0 Å². The van der Waals surface area contributed by atoms with Crippen molar-refractivity contribution in [2.75, 3.05) is 19.7 Å². The standard InChI is InChI=1S/C13H22N2OS/c1-10(2)13-15-12(9-17-13)8-16-7-11-3-5-14-6-4-11/h9-11,14H,3-8H2,1-2H3. The molecule has 17 heavy (non-hydrogen) atoms. The van der Waals surface area contributed by atoms with Gasteiger partial charge >= 0.3 is 0 Å². The Morgan fingerprint density at radius 2 is 2.24 bits per heavy atom. The van der Waals surface area contributed by atoms with Gasteiger partial charge in [0, 0.05) is 11.3 Å². The van der Waals surface area contributed by atoms with E-state index in [0.717, 1.165) is 31.3 Å². The molecule has 0 aromatic carbocycles. The van der Waals surface area contributed by atoms with Crippen LogP contribution in [0.4, 0.5) is 0 Å². The Kier molecular flexibility index (Phi) is 4.95. The number of rotatable bonds is 5. The first-order valence-corrected chi connectivity index (χ1v) is 7.36. The summed E-state index contributed by atoms with van der Waals surface area (Å²) in [6, 6.07) is 0. The van der Waals surface area contributed by atoms with Gasteiger partial charge in [-0.2, -0.15) is 0 Å². The van der Waals surface area contributed by atoms with Crippen LogP contribution in [0, 0.1) is 5.92 Å². The van der Waals surface area contributed by atoms with E-state index in [4.69, 9.17) is 4.74 Å². The Hall–Kier alpha value is -0.450. The Morgan fingerprint density at radius 3 is 2.88 bits per heavy atom. The van der Waals surface area contributed by atoms with Crippen molar-refractivity contribution in [3.8, 4) is 0 Å². The van der Waals surface area contributed by atoms with Crippen molar-refractivity contribution in [3.63, 3.8) is 0 Å². The molecule has 0 unspecified atom stereocenters. The van der Waals surface area contributed by atoms with Crippen molar-refractivity contribution < 1.29 is 4.74 Å². The van der Waals surface area contributed by atoms with Gasteiger partial charge in [0.15, 0.2) is 0 Å². The lowest BCUT2D eigenvalue weighted by molar-refractivity contribution is 0.0746. The van der Waals surface area contributed by atoms with Gasteiger partial charge in [0.1, 0.15) is 0 Å². The average Bonchev–Trinajstić information content (AvgIpc) is 2.79. The van der Waals surface area contributed by atoms with E-state index in [1.807, 2.05) is 0 Å². The quantitative estimate of drug-likeness (QED) is 0.877. The SMILES string of the molecule is CC(C)c1nc(COCC2CCNCC2)cs1. The van der Waals surface area contributed by atoms with E-state index in [0.29, 0.717) is 12.5 Å². The molecule has 0 atom stereocenters. The normalized spacial score (nSPS) is 17.8. The first-order valence-electron chi connectivity index (χ1n) is 6.48. The smallest absolute Gasteiger partial charge is 0.0954 e. The summed E-state index contributed by atoms with van der Waals surface area (Å²) in [7, 11) is 0. The van der Waals surface area contributed by atoms with E-state index < -0.39 is 0 Å². The summed E-state index contributed by atoms with van der Waals surface area (Å²) < 4.78 is 5.77. The highest BCUT2D eigenvalue weighted by Crippen LogP contribution is 2.20. The second-order valence-corrected chi connectivity index (χ2v) is 5.93. The number of thiazole rings is 1. The first-order chi connectivity index (χ1) is 8.25. The van der Waals surface area contributed by atoms with Crippen LogP contribution >= 0.6 is 11.3 Å². The molecule has 1 N–H and O–H groups in total. The van der Waals surface area contributed by atoms with Crippen molar-refractivity contribution in [1.82, 2.24) is 10.3 Å². The Balaban J connectivity index is 1.70. The highest BCUT2D eigenvalue weighted by molar-refractivity contribution is 7.09. The zero-order valence-electron chi connectivity index (χ0n) is 10.7. The summed E-state index contributed by atoms with van der Waals surface area (Å²) in [6.45, 7) is 8.20. The number of nitrogens with zero attached hydrogens (tertiary/aromatic N) is 1. The second kappa shape index (κ2) is 6.47. The number of aromatic nitrogens is 1. The van der Waals surface area contributed by atoms with Crippen molar-refractivity contribution in [1.29, 1.82) is 0 Å². The second-order valence-electron chi connectivity index (χ2n) is 5.04. The van der Waals surface area contributed by atoms with Gasteiger partial charge in [-0.1, -0.05) is 13.8 Å². The molecule has 2 rings (SSSR count). The molecule has 0 amide bonds. The minimum atomic E-state index is 0.526. The third kappa shape index (κ3) is 4.05. The zero-order valence-corrected chi connectivity index (χ0v) is 11.6. The van der Waals surface area contributed by atoms with Crippen LogP contribution in [-0.4, -0.2) is 24.7 Å². The van der Waals surface area contributed by atoms with E-state index in [9.17, 15) is 0 Å². The van der Waals surface area contributed by atoms with Gasteiger partial charge in [-0.3, -0.25) is 0 Å². The van der Waals surface area contributed by atoms with Crippen LogP contribution in [0.25, 0.3) is 0 Å². The molecule has 96 valence electrons. The monoisotopic (exact) mass is 254 g/mol. The summed E-state index contributed by atoms with van der Waals surface area (Å²) in [5, 5.41) is 6.71. The third-order valence-electron chi connectivity index (χ3n) is 3.13. The molecule has 1 aromatic heterocycles. The van der Waals surface area contributed by atoms with E-state index in [1.54, 1.807) is 11.3 Å². The fourth-order valence-corrected chi connectivity index (χ4v) is 2.85. The molecule has 1 fully saturated rings. The van der Waals surface area contributed by atoms with Gasteiger partial charge in [-0.15, -0.1) is 11.3 Å². The predicted octanol–water partition coefficient (Wildman–Crippen LogP) is 2.78. The van der Waals surface area contributed by atoms with Crippen LogP contribution < -0.4 is 5.32 Å². The molecule has 3 nitrogen and oxygen atoms in total. The molecule has 1 saturated heterocycles. The molecule has 0 bridgehead atoms. The summed E-state index contributed by atoms with van der Waals surface area (Å²) >= 11 is 1.74. The van der Waals surface area contributed by atoms with E-state index in [2.05, 4.69) is 29.5 Å². The molecule has 2 heterocycles. The van der Waals surface area contributed by atoms with Crippen LogP contribution in [-0.2, 0) is 11.3 Å². The summed E-state index contributed by atoms with van der Waals surface area (Å²) in [5.41, 5.74) is 1.09. The number of hydrogen-bond donors (Lipinski definition) is 1. The molecule has 4 heteroatoms. The lowest BCUT2D eigenvalue weighted by Crippen LogP contribution is -2.29. The molecule has 1 aromatic rings. The van der Waals surface area contributed by atoms with Crippen molar-refractivity contribution in [2.24, 2.45) is 5.92 Å². The van der Waals surface area contributed by atoms with Crippen molar-refractivity contribution >= 4 is 11.3 Å². The van der Waals surface area contributed by atoms with Gasteiger partial charge in [0.05, 0.1) is 23.9 Å². The Bertz CT molecular complexity index is 332. The highest BCUT2D eigenvalue weighted by atomic mass is 32.1. The minimum absolute atomic E-state index is 0.526. The predicted molar refractivity (Wildman–Crippen MR) is 71.5 cm³/mol. The largest absolute Gasteiger partial charge is 0.375 e. The van der Waals surface area contributed by atoms with Gasteiger partial charge in [-0.25, -0.2) is 4.98 Å². The molecule has 0 aliphatic carbocycles. The maximum atomic E-state index is 5.77. The number of hydrogen-bond acceptors (Lipinski definition) is 4. The molecule has 0 spiro atoms. The molecule has 0 saturated carbocycles. The highest BCUT2D eigenvalue weighted by Gasteiger charge is 2.13. The number of ether oxygens (including phenoxy) is 1. The van der Waals surface area contributed by atoms with E-state index in [1.165, 1.54) is 17.8 Å². The minimum Gasteiger partial charge on any atom is -0.375 e. The Morgan fingerprint density at radius 1 is 1.47 bits per heavy atom. The molecular weight excluding hydrogens is 232 g/mol. The summed E-state index contributed by atoms with van der Waals surface area (Å²) in [6.07, 6.45) is 2.49. The maximum absolute atomic E-state index is 5.77. The van der Waals surface area contributed by atoms with Gasteiger partial charge < -0.3 is 10.1 Å². The maximum Gasteiger partial charge on any atom is 0.0954 e. The first kappa shape index (κ1) is 13.0.